The van der Waals surface area contributed by atoms with Gasteiger partial charge in [-0.2, -0.15) is 0 Å². The molecule has 2 heterocycles. The number of carbonyl (C=O) groups is 2. The number of para-hydroxylation sites is 1. The van der Waals surface area contributed by atoms with Crippen LogP contribution < -0.4 is 10.6 Å². The Kier molecular flexibility index (Phi) is 7.15. The molecule has 4 aromatic rings. The van der Waals surface area contributed by atoms with Gasteiger partial charge in [-0.1, -0.05) is 48.5 Å². The summed E-state index contributed by atoms with van der Waals surface area (Å²) in [7, 11) is 3.85. The van der Waals surface area contributed by atoms with Gasteiger partial charge in [0, 0.05) is 50.0 Å². The molecule has 0 radical (unpaired) electrons. The van der Waals surface area contributed by atoms with E-state index in [0.717, 1.165) is 22.0 Å². The highest BCUT2D eigenvalue weighted by atomic mass is 16.6. The zero-order chi connectivity index (χ0) is 25.9. The van der Waals surface area contributed by atoms with Gasteiger partial charge in [0.1, 0.15) is 23.5 Å². The number of nitrogens with zero attached hydrogens (tertiary/aromatic N) is 3. The molecule has 0 aliphatic carbocycles. The summed E-state index contributed by atoms with van der Waals surface area (Å²) < 4.78 is 9.37. The summed E-state index contributed by atoms with van der Waals surface area (Å²) in [6, 6.07) is 16.3. The molecule has 188 valence electrons. The minimum absolute atomic E-state index is 0.300. The highest BCUT2D eigenvalue weighted by molar-refractivity contribution is 5.89. The van der Waals surface area contributed by atoms with Gasteiger partial charge in [-0.05, 0) is 38.0 Å². The molecule has 8 heteroatoms. The van der Waals surface area contributed by atoms with Gasteiger partial charge in [0.15, 0.2) is 0 Å². The van der Waals surface area contributed by atoms with Crippen LogP contribution in [-0.2, 0) is 30.0 Å². The molecule has 36 heavy (non-hydrogen) atoms. The van der Waals surface area contributed by atoms with Crippen molar-refractivity contribution in [2.75, 3.05) is 0 Å². The Balaban J connectivity index is 1.66. The van der Waals surface area contributed by atoms with Gasteiger partial charge in [-0.3, -0.25) is 4.79 Å². The molecule has 0 aliphatic rings. The summed E-state index contributed by atoms with van der Waals surface area (Å²) in [4.78, 5) is 31.0. The fraction of sp³-hybridized carbons (Fsp3) is 0.321. The van der Waals surface area contributed by atoms with Crippen molar-refractivity contribution in [3.63, 3.8) is 0 Å². The number of benzene rings is 2. The number of imidazole rings is 1. The van der Waals surface area contributed by atoms with Crippen molar-refractivity contribution >= 4 is 22.9 Å². The lowest BCUT2D eigenvalue weighted by Crippen LogP contribution is -2.50. The summed E-state index contributed by atoms with van der Waals surface area (Å²) in [5, 5.41) is 6.96. The Bertz CT molecular complexity index is 1350. The molecule has 8 nitrogen and oxygen atoms in total. The van der Waals surface area contributed by atoms with E-state index in [9.17, 15) is 9.59 Å². The number of hydrogen-bond acceptors (Lipinski definition) is 4. The third-order valence-electron chi connectivity index (χ3n) is 5.95. The van der Waals surface area contributed by atoms with Crippen LogP contribution in [0.25, 0.3) is 10.9 Å². The number of aromatic nitrogens is 3. The van der Waals surface area contributed by atoms with Crippen LogP contribution in [0, 0.1) is 0 Å². The number of ether oxygens (including phenoxy) is 1. The lowest BCUT2D eigenvalue weighted by atomic mass is 10.0. The van der Waals surface area contributed by atoms with E-state index < -0.39 is 23.8 Å². The monoisotopic (exact) mass is 487 g/mol. The van der Waals surface area contributed by atoms with E-state index in [2.05, 4.69) is 15.6 Å². The Morgan fingerprint density at radius 1 is 0.972 bits per heavy atom. The topological polar surface area (TPSA) is 90.2 Å². The number of fused-ring (bicyclic) bond motifs is 1. The van der Waals surface area contributed by atoms with Crippen molar-refractivity contribution in [3.8, 4) is 0 Å². The van der Waals surface area contributed by atoms with Gasteiger partial charge in [0.2, 0.25) is 5.91 Å². The third kappa shape index (κ3) is 5.76. The molecule has 0 bridgehead atoms. The first-order valence-electron chi connectivity index (χ1n) is 12.0. The Morgan fingerprint density at radius 3 is 2.33 bits per heavy atom. The van der Waals surface area contributed by atoms with Gasteiger partial charge >= 0.3 is 6.09 Å². The molecule has 0 fully saturated rings. The highest BCUT2D eigenvalue weighted by Crippen LogP contribution is 2.24. The molecule has 2 amide bonds. The number of nitrogens with one attached hydrogen (secondary N) is 2. The van der Waals surface area contributed by atoms with Crippen LogP contribution in [0.2, 0.25) is 0 Å². The van der Waals surface area contributed by atoms with Crippen molar-refractivity contribution in [3.05, 3.63) is 90.1 Å². The van der Waals surface area contributed by atoms with Crippen LogP contribution in [0.4, 0.5) is 4.79 Å². The highest BCUT2D eigenvalue weighted by Gasteiger charge is 2.29. The minimum Gasteiger partial charge on any atom is -0.444 e. The molecule has 2 atom stereocenters. The average molecular weight is 488 g/mol. The zero-order valence-electron chi connectivity index (χ0n) is 21.4. The summed E-state index contributed by atoms with van der Waals surface area (Å²) in [6.45, 7) is 5.37. The zero-order valence-corrected chi connectivity index (χ0v) is 21.4. The van der Waals surface area contributed by atoms with Gasteiger partial charge in [-0.15, -0.1) is 0 Å². The maximum atomic E-state index is 13.8. The van der Waals surface area contributed by atoms with E-state index in [1.807, 2.05) is 90.2 Å². The minimum atomic E-state index is -0.864. The predicted octanol–water partition coefficient (Wildman–Crippen LogP) is 4.25. The van der Waals surface area contributed by atoms with Gasteiger partial charge in [0.25, 0.3) is 0 Å². The van der Waals surface area contributed by atoms with E-state index in [1.54, 1.807) is 27.0 Å². The summed E-state index contributed by atoms with van der Waals surface area (Å²) in [6.07, 6.45) is 5.19. The average Bonchev–Trinajstić information content (AvgIpc) is 3.39. The molecule has 0 spiro atoms. The van der Waals surface area contributed by atoms with E-state index >= 15 is 0 Å². The first-order valence-corrected chi connectivity index (χ1v) is 12.0. The van der Waals surface area contributed by atoms with Crippen molar-refractivity contribution < 1.29 is 14.3 Å². The first kappa shape index (κ1) is 25.0. The molecule has 2 N–H and O–H groups in total. The van der Waals surface area contributed by atoms with E-state index in [0.29, 0.717) is 12.2 Å². The molecular weight excluding hydrogens is 454 g/mol. The Morgan fingerprint density at radius 2 is 1.67 bits per heavy atom. The largest absolute Gasteiger partial charge is 0.444 e. The molecule has 2 aromatic heterocycles. The number of alkyl carbamates (subject to hydrolysis) is 1. The van der Waals surface area contributed by atoms with Crippen LogP contribution in [0.5, 0.6) is 0 Å². The Labute approximate surface area is 211 Å². The summed E-state index contributed by atoms with van der Waals surface area (Å²) in [5.41, 5.74) is 2.21. The quantitative estimate of drug-likeness (QED) is 0.408. The second-order valence-corrected chi connectivity index (χ2v) is 9.93. The first-order chi connectivity index (χ1) is 17.1. The van der Waals surface area contributed by atoms with Crippen LogP contribution in [0.1, 0.15) is 43.8 Å². The standard InChI is InChI=1S/C28H33N5O3/c1-28(2,3)36-27(35)30-22(17-20-18-33(5)23-14-10-9-13-21(20)23)26(34)31-24(19-11-7-6-8-12-19)25-29-15-16-32(25)4/h6-16,18,22,24H,17H2,1-5H3,(H,30,35)(H,31,34). The maximum absolute atomic E-state index is 13.8. The van der Waals surface area contributed by atoms with Gasteiger partial charge in [0.05, 0.1) is 0 Å². The van der Waals surface area contributed by atoms with Crippen LogP contribution in [0.3, 0.4) is 0 Å². The van der Waals surface area contributed by atoms with Crippen LogP contribution >= 0.6 is 0 Å². The fourth-order valence-electron chi connectivity index (χ4n) is 4.31. The lowest BCUT2D eigenvalue weighted by Gasteiger charge is -2.25. The molecule has 2 aromatic carbocycles. The van der Waals surface area contributed by atoms with Crippen LogP contribution in [0.15, 0.2) is 73.2 Å². The molecular formula is C28H33N5O3. The van der Waals surface area contributed by atoms with Gasteiger partial charge in [-0.25, -0.2) is 9.78 Å². The second-order valence-electron chi connectivity index (χ2n) is 9.93. The van der Waals surface area contributed by atoms with E-state index in [-0.39, 0.29) is 5.91 Å². The number of rotatable bonds is 7. The number of amides is 2. The number of aryl methyl sites for hydroxylation is 2. The van der Waals surface area contributed by atoms with E-state index in [4.69, 9.17) is 4.74 Å². The van der Waals surface area contributed by atoms with Crippen molar-refractivity contribution in [2.24, 2.45) is 14.1 Å². The second kappa shape index (κ2) is 10.3. The normalized spacial score (nSPS) is 13.2. The molecule has 0 saturated heterocycles. The number of carbonyl (C=O) groups excluding carboxylic acids is 2. The molecule has 0 saturated carbocycles. The maximum Gasteiger partial charge on any atom is 0.408 e. The molecule has 4 rings (SSSR count). The SMILES string of the molecule is Cn1ccnc1C(NC(=O)C(Cc1cn(C)c2ccccc12)NC(=O)OC(C)(C)C)c1ccccc1. The number of hydrogen-bond donors (Lipinski definition) is 2. The fourth-order valence-corrected chi connectivity index (χ4v) is 4.31. The van der Waals surface area contributed by atoms with Gasteiger partial charge < -0.3 is 24.5 Å². The predicted molar refractivity (Wildman–Crippen MR) is 139 cm³/mol. The lowest BCUT2D eigenvalue weighted by molar-refractivity contribution is -0.123. The van der Waals surface area contributed by atoms with Crippen molar-refractivity contribution in [1.29, 1.82) is 0 Å². The van der Waals surface area contributed by atoms with Crippen molar-refractivity contribution in [1.82, 2.24) is 24.8 Å². The summed E-state index contributed by atoms with van der Waals surface area (Å²) >= 11 is 0. The van der Waals surface area contributed by atoms with Crippen LogP contribution in [-0.4, -0.2) is 37.8 Å². The van der Waals surface area contributed by atoms with Crippen molar-refractivity contribution in [2.45, 2.75) is 44.9 Å². The van der Waals surface area contributed by atoms with E-state index in [1.165, 1.54) is 0 Å². The summed E-state index contributed by atoms with van der Waals surface area (Å²) in [5.74, 6) is 0.362. The molecule has 0 aliphatic heterocycles. The Hall–Kier alpha value is -4.07. The smallest absolute Gasteiger partial charge is 0.408 e. The molecule has 2 unspecified atom stereocenters. The third-order valence-corrected chi connectivity index (χ3v) is 5.95.